The molecule has 5 nitrogen and oxygen atoms in total. The van der Waals surface area contributed by atoms with Crippen molar-refractivity contribution in [1.29, 1.82) is 0 Å². The SMILES string of the molecule is FC(F)(F)c1ccc2c(c1)N[P@](=S)(N1CCOCC1)c1nccn1-2. The lowest BCUT2D eigenvalue weighted by Crippen LogP contribution is -2.42. The predicted molar refractivity (Wildman–Crippen MR) is 88.5 cm³/mol. The number of nitrogens with one attached hydrogen (secondary N) is 1. The van der Waals surface area contributed by atoms with Gasteiger partial charge in [0.05, 0.1) is 30.2 Å². The predicted octanol–water partition coefficient (Wildman–Crippen LogP) is 2.58. The molecule has 4 rings (SSSR count). The molecule has 1 fully saturated rings. The number of morpholine rings is 1. The van der Waals surface area contributed by atoms with Gasteiger partial charge in [0, 0.05) is 25.5 Å². The number of fused-ring (bicyclic) bond motifs is 3. The highest BCUT2D eigenvalue weighted by Gasteiger charge is 2.39. The Morgan fingerprint density at radius 2 is 2.00 bits per heavy atom. The van der Waals surface area contributed by atoms with E-state index in [0.717, 1.165) is 12.1 Å². The third kappa shape index (κ3) is 2.47. The van der Waals surface area contributed by atoms with Gasteiger partial charge < -0.3 is 9.82 Å². The van der Waals surface area contributed by atoms with Gasteiger partial charge in [-0.2, -0.15) is 13.2 Å². The molecule has 0 spiro atoms. The molecule has 0 unspecified atom stereocenters. The van der Waals surface area contributed by atoms with Crippen LogP contribution in [-0.2, 0) is 22.7 Å². The molecule has 24 heavy (non-hydrogen) atoms. The first-order chi connectivity index (χ1) is 11.4. The van der Waals surface area contributed by atoms with Gasteiger partial charge in [-0.05, 0) is 30.0 Å². The van der Waals surface area contributed by atoms with Gasteiger partial charge in [-0.15, -0.1) is 0 Å². The highest BCUT2D eigenvalue weighted by atomic mass is 32.4. The van der Waals surface area contributed by atoms with E-state index in [1.165, 1.54) is 6.07 Å². The number of hydrogen-bond donors (Lipinski definition) is 1. The first kappa shape index (κ1) is 16.1. The molecule has 128 valence electrons. The van der Waals surface area contributed by atoms with Gasteiger partial charge in [-0.3, -0.25) is 4.57 Å². The maximum absolute atomic E-state index is 13.1. The average molecular weight is 374 g/mol. The summed E-state index contributed by atoms with van der Waals surface area (Å²) in [5.74, 6) is 0. The maximum Gasteiger partial charge on any atom is 0.416 e. The molecule has 0 amide bonds. The Balaban J connectivity index is 1.84. The molecule has 10 heteroatoms. The lowest BCUT2D eigenvalue weighted by Gasteiger charge is -2.40. The van der Waals surface area contributed by atoms with E-state index in [-0.39, 0.29) is 0 Å². The summed E-state index contributed by atoms with van der Waals surface area (Å²) in [6.07, 6.45) is -3.54. The van der Waals surface area contributed by atoms with Gasteiger partial charge in [-0.1, -0.05) is 0 Å². The molecule has 0 radical (unpaired) electrons. The number of aromatic nitrogens is 2. The van der Waals surface area contributed by atoms with Gasteiger partial charge in [-0.25, -0.2) is 9.65 Å². The van der Waals surface area contributed by atoms with Crippen LogP contribution in [0.5, 0.6) is 0 Å². The molecule has 0 saturated carbocycles. The molecule has 0 bridgehead atoms. The molecule has 1 saturated heterocycles. The fourth-order valence-electron chi connectivity index (χ4n) is 2.97. The Labute approximate surface area is 141 Å². The molecule has 1 aromatic carbocycles. The van der Waals surface area contributed by atoms with Crippen LogP contribution in [0.1, 0.15) is 5.56 Å². The smallest absolute Gasteiger partial charge is 0.379 e. The second kappa shape index (κ2) is 5.56. The minimum absolute atomic E-state index is 0.394. The van der Waals surface area contributed by atoms with Crippen LogP contribution in [0.2, 0.25) is 0 Å². The Kier molecular flexibility index (Phi) is 3.72. The third-order valence-electron chi connectivity index (χ3n) is 4.13. The van der Waals surface area contributed by atoms with Crippen LogP contribution in [0, 0.1) is 0 Å². The van der Waals surface area contributed by atoms with E-state index in [0.29, 0.717) is 43.2 Å². The number of alkyl halides is 3. The van der Waals surface area contributed by atoms with Crippen LogP contribution < -0.4 is 10.7 Å². The van der Waals surface area contributed by atoms with E-state index in [1.54, 1.807) is 17.0 Å². The minimum Gasteiger partial charge on any atom is -0.379 e. The molecule has 1 N–H and O–H groups in total. The van der Waals surface area contributed by atoms with Crippen molar-refractivity contribution in [2.75, 3.05) is 31.4 Å². The Morgan fingerprint density at radius 3 is 2.71 bits per heavy atom. The summed E-state index contributed by atoms with van der Waals surface area (Å²) in [4.78, 5) is 4.40. The number of hydrogen-bond acceptors (Lipinski definition) is 3. The minimum atomic E-state index is -4.40. The number of halogens is 3. The number of benzene rings is 1. The fourth-order valence-corrected chi connectivity index (χ4v) is 6.57. The molecular weight excluding hydrogens is 360 g/mol. The molecule has 1 aromatic heterocycles. The highest BCUT2D eigenvalue weighted by Crippen LogP contribution is 2.53. The van der Waals surface area contributed by atoms with Crippen molar-refractivity contribution in [3.05, 3.63) is 36.2 Å². The first-order valence-corrected chi connectivity index (χ1v) is 10.1. The average Bonchev–Trinajstić information content (AvgIpc) is 3.05. The third-order valence-corrected chi connectivity index (χ3v) is 8.20. The zero-order valence-electron chi connectivity index (χ0n) is 12.5. The van der Waals surface area contributed by atoms with Crippen LogP contribution in [0.4, 0.5) is 18.9 Å². The standard InChI is InChI=1S/C14H14F3N4OPS/c15-14(16,17)10-1-2-12-11(9-10)19-23(24,13-18-3-4-21(12)13)20-5-7-22-8-6-20/h1-4,9H,5-8H2,(H,19,24)/t23-/m0/s1. The van der Waals surface area contributed by atoms with Gasteiger partial charge in [0.2, 0.25) is 0 Å². The number of imidazole rings is 1. The monoisotopic (exact) mass is 374 g/mol. The molecule has 3 heterocycles. The van der Waals surface area contributed by atoms with Crippen molar-refractivity contribution in [3.63, 3.8) is 0 Å². The number of anilines is 1. The summed E-state index contributed by atoms with van der Waals surface area (Å²) in [6.45, 7) is 2.36. The van der Waals surface area contributed by atoms with Crippen molar-refractivity contribution in [3.8, 4) is 5.69 Å². The molecule has 2 aromatic rings. The lowest BCUT2D eigenvalue weighted by molar-refractivity contribution is -0.137. The Bertz CT molecular complexity index is 832. The van der Waals surface area contributed by atoms with Gasteiger partial charge in [0.1, 0.15) is 0 Å². The molecule has 1 atom stereocenters. The van der Waals surface area contributed by atoms with E-state index >= 15 is 0 Å². The summed E-state index contributed by atoms with van der Waals surface area (Å²) < 4.78 is 48.4. The van der Waals surface area contributed by atoms with E-state index in [9.17, 15) is 13.2 Å². The lowest BCUT2D eigenvalue weighted by atomic mass is 10.1. The van der Waals surface area contributed by atoms with Crippen molar-refractivity contribution in [2.45, 2.75) is 6.18 Å². The van der Waals surface area contributed by atoms with Crippen molar-refractivity contribution in [2.24, 2.45) is 0 Å². The Hall–Kier alpha value is -1.41. The summed E-state index contributed by atoms with van der Waals surface area (Å²) in [7, 11) is 0. The van der Waals surface area contributed by atoms with Crippen LogP contribution in [0.3, 0.4) is 0 Å². The summed E-state index contributed by atoms with van der Waals surface area (Å²) in [5, 5.41) is 3.21. The van der Waals surface area contributed by atoms with Crippen LogP contribution >= 0.6 is 6.34 Å². The van der Waals surface area contributed by atoms with Gasteiger partial charge in [0.25, 0.3) is 0 Å². The quantitative estimate of drug-likeness (QED) is 0.778. The first-order valence-electron chi connectivity index (χ1n) is 7.37. The van der Waals surface area contributed by atoms with Gasteiger partial charge >= 0.3 is 6.18 Å². The number of rotatable bonds is 1. The highest BCUT2D eigenvalue weighted by molar-refractivity contribution is 8.17. The number of nitrogens with zero attached hydrogens (tertiary/aromatic N) is 3. The molecule has 2 aliphatic heterocycles. The normalized spacial score (nSPS) is 24.1. The van der Waals surface area contributed by atoms with Crippen molar-refractivity contribution in [1.82, 2.24) is 14.2 Å². The van der Waals surface area contributed by atoms with E-state index in [1.807, 2.05) is 0 Å². The van der Waals surface area contributed by atoms with E-state index in [4.69, 9.17) is 16.5 Å². The second-order valence-electron chi connectivity index (χ2n) is 5.58. The topological polar surface area (TPSA) is 42.3 Å². The van der Waals surface area contributed by atoms with Gasteiger partial charge in [0.15, 0.2) is 11.9 Å². The Morgan fingerprint density at radius 1 is 1.25 bits per heavy atom. The van der Waals surface area contributed by atoms with Crippen LogP contribution in [0.15, 0.2) is 30.6 Å². The number of ether oxygens (including phenoxy) is 1. The zero-order valence-corrected chi connectivity index (χ0v) is 14.2. The van der Waals surface area contributed by atoms with E-state index in [2.05, 4.69) is 14.7 Å². The fraction of sp³-hybridized carbons (Fsp3) is 0.357. The summed E-state index contributed by atoms with van der Waals surface area (Å²) in [6, 6.07) is 3.65. The van der Waals surface area contributed by atoms with Crippen molar-refractivity contribution < 1.29 is 17.9 Å². The van der Waals surface area contributed by atoms with Crippen molar-refractivity contribution >= 4 is 29.4 Å². The molecule has 2 aliphatic rings. The summed E-state index contributed by atoms with van der Waals surface area (Å²) in [5.41, 5.74) is 1.02. The zero-order chi connectivity index (χ0) is 16.9. The van der Waals surface area contributed by atoms with Crippen LogP contribution in [-0.4, -0.2) is 40.5 Å². The molecule has 0 aliphatic carbocycles. The van der Waals surface area contributed by atoms with E-state index < -0.39 is 18.1 Å². The maximum atomic E-state index is 13.1. The summed E-state index contributed by atoms with van der Waals surface area (Å²) >= 11 is 5.90. The second-order valence-corrected chi connectivity index (χ2v) is 9.51. The largest absolute Gasteiger partial charge is 0.416 e. The van der Waals surface area contributed by atoms with Crippen LogP contribution in [0.25, 0.3) is 5.69 Å². The molecular formula is C14H14F3N4OPS.